The Kier molecular flexibility index (Phi) is 3.95. The van der Waals surface area contributed by atoms with Gasteiger partial charge < -0.3 is 0 Å². The maximum atomic E-state index is 9.62. The molecular weight excluding hydrogens is 414 g/mol. The van der Waals surface area contributed by atoms with Gasteiger partial charge in [0, 0.05) is 33.5 Å². The van der Waals surface area contributed by atoms with Crippen molar-refractivity contribution in [1.82, 2.24) is 14.4 Å². The topological polar surface area (TPSA) is 30.2 Å². The molecule has 180 valence electrons. The predicted octanol–water partition coefficient (Wildman–Crippen LogP) is 8.23. The molecule has 3 heteroatoms. The van der Waals surface area contributed by atoms with Gasteiger partial charge in [-0.05, 0) is 51.6 Å². The number of nitrogens with zero attached hydrogens (tertiary/aromatic N) is 3. The summed E-state index contributed by atoms with van der Waals surface area (Å²) in [6, 6.07) is 5.28. The average Bonchev–Trinajstić information content (AvgIpc) is 3.18. The minimum atomic E-state index is -0.265. The summed E-state index contributed by atoms with van der Waals surface area (Å²) in [5, 5.41) is 2.13. The molecule has 0 fully saturated rings. The molecule has 34 heavy (non-hydrogen) atoms. The molecule has 1 aromatic carbocycles. The van der Waals surface area contributed by atoms with Crippen LogP contribution in [0, 0.1) is 5.41 Å². The molecule has 4 aromatic rings. The minimum Gasteiger partial charge on any atom is -0.296 e. The van der Waals surface area contributed by atoms with Crippen LogP contribution in [0.15, 0.2) is 30.4 Å². The summed E-state index contributed by atoms with van der Waals surface area (Å²) in [5.41, 5.74) is 5.36. The van der Waals surface area contributed by atoms with E-state index in [4.69, 9.17) is 9.97 Å². The molecule has 0 N–H and O–H groups in total. The Bertz CT molecular complexity index is 1590. The Morgan fingerprint density at radius 2 is 1.41 bits per heavy atom. The van der Waals surface area contributed by atoms with Crippen molar-refractivity contribution >= 4 is 27.5 Å². The van der Waals surface area contributed by atoms with E-state index in [1.807, 2.05) is 12.3 Å². The van der Waals surface area contributed by atoms with Gasteiger partial charge in [-0.15, -0.1) is 0 Å². The Labute approximate surface area is 207 Å². The van der Waals surface area contributed by atoms with E-state index >= 15 is 0 Å². The fourth-order valence-electron chi connectivity index (χ4n) is 5.91. The van der Waals surface area contributed by atoms with Crippen molar-refractivity contribution in [1.29, 1.82) is 0 Å². The lowest BCUT2D eigenvalue weighted by Gasteiger charge is -2.44. The summed E-state index contributed by atoms with van der Waals surface area (Å²) in [5.74, 6) is 0. The van der Waals surface area contributed by atoms with Gasteiger partial charge in [-0.2, -0.15) is 0 Å². The van der Waals surface area contributed by atoms with Gasteiger partial charge in [-0.3, -0.25) is 9.38 Å². The third-order valence-electron chi connectivity index (χ3n) is 9.22. The highest BCUT2D eigenvalue weighted by atomic mass is 15.0. The van der Waals surface area contributed by atoms with E-state index < -0.39 is 0 Å². The van der Waals surface area contributed by atoms with Crippen molar-refractivity contribution < 1.29 is 2.74 Å². The minimum absolute atomic E-state index is 0.124. The monoisotopic (exact) mass is 457 g/mol. The summed E-state index contributed by atoms with van der Waals surface area (Å²) in [6.45, 7) is 26.7. The third-order valence-corrected chi connectivity index (χ3v) is 9.22. The van der Waals surface area contributed by atoms with Crippen LogP contribution in [0.4, 0.5) is 0 Å². The number of rotatable bonds is 0. The Balaban J connectivity index is 2.09. The lowest BCUT2D eigenvalue weighted by atomic mass is 9.59. The van der Waals surface area contributed by atoms with Crippen LogP contribution in [0.2, 0.25) is 0 Å². The van der Waals surface area contributed by atoms with E-state index in [1.165, 1.54) is 0 Å². The first-order chi connectivity index (χ1) is 16.3. The van der Waals surface area contributed by atoms with Gasteiger partial charge in [0.05, 0.1) is 19.5 Å². The second-order valence-corrected chi connectivity index (χ2v) is 14.0. The summed E-state index contributed by atoms with van der Waals surface area (Å²) in [6.07, 6.45) is 1.87. The molecule has 3 aromatic heterocycles. The highest BCUT2D eigenvalue weighted by Crippen LogP contribution is 2.62. The molecule has 0 amide bonds. The van der Waals surface area contributed by atoms with Crippen LogP contribution in [-0.2, 0) is 21.7 Å². The zero-order chi connectivity index (χ0) is 27.0. The highest BCUT2D eigenvalue weighted by molar-refractivity contribution is 6.00. The van der Waals surface area contributed by atoms with Crippen molar-refractivity contribution in [2.45, 2.75) is 105 Å². The van der Waals surface area contributed by atoms with Gasteiger partial charge in [0.1, 0.15) is 5.65 Å². The first-order valence-electron chi connectivity index (χ1n) is 13.5. The van der Waals surface area contributed by atoms with Crippen molar-refractivity contribution in [2.75, 3.05) is 0 Å². The summed E-state index contributed by atoms with van der Waals surface area (Å²) in [7, 11) is 0. The smallest absolute Gasteiger partial charge is 0.146 e. The standard InChI is InChI=1S/C31H41N3/c1-27(2,3)24-15-19-18(13-14-32-25(19)28(4,5)6)26-33-22-16-20-21(17-23(22)34(24)26)30(9,10)31(11,12)29(20,7)8/h13-17H,1-12H3/i16D,17D. The lowest BCUT2D eigenvalue weighted by Crippen LogP contribution is -2.42. The maximum Gasteiger partial charge on any atom is 0.146 e. The number of benzene rings is 1. The summed E-state index contributed by atoms with van der Waals surface area (Å²) >= 11 is 0. The van der Waals surface area contributed by atoms with E-state index in [-0.39, 0.29) is 27.1 Å². The number of imidazole rings is 1. The van der Waals surface area contributed by atoms with Crippen LogP contribution in [0.5, 0.6) is 0 Å². The number of hydrogen-bond donors (Lipinski definition) is 0. The van der Waals surface area contributed by atoms with Gasteiger partial charge >= 0.3 is 0 Å². The maximum absolute atomic E-state index is 9.62. The number of fused-ring (bicyclic) bond motifs is 6. The van der Waals surface area contributed by atoms with Crippen LogP contribution in [0.1, 0.15) is 108 Å². The van der Waals surface area contributed by atoms with Crippen molar-refractivity contribution in [3.8, 4) is 0 Å². The number of pyridine rings is 2. The van der Waals surface area contributed by atoms with Crippen molar-refractivity contribution in [3.63, 3.8) is 0 Å². The first-order valence-corrected chi connectivity index (χ1v) is 12.5. The number of hydrogen-bond acceptors (Lipinski definition) is 2. The molecule has 0 radical (unpaired) electrons. The Morgan fingerprint density at radius 1 is 0.824 bits per heavy atom. The van der Waals surface area contributed by atoms with Gasteiger partial charge in [0.15, 0.2) is 0 Å². The lowest BCUT2D eigenvalue weighted by molar-refractivity contribution is 0.125. The van der Waals surface area contributed by atoms with Crippen LogP contribution in [0.3, 0.4) is 0 Å². The molecule has 0 unspecified atom stereocenters. The molecule has 1 aliphatic rings. The molecule has 3 nitrogen and oxygen atoms in total. The molecule has 0 saturated heterocycles. The Morgan fingerprint density at radius 3 is 1.97 bits per heavy atom. The zero-order valence-electron chi connectivity index (χ0n) is 25.1. The van der Waals surface area contributed by atoms with Gasteiger partial charge in [-0.1, -0.05) is 83.1 Å². The largest absolute Gasteiger partial charge is 0.296 e. The number of aromatic nitrogens is 3. The fraction of sp³-hybridized carbons (Fsp3) is 0.548. The quantitative estimate of drug-likeness (QED) is 0.266. The summed E-state index contributed by atoms with van der Waals surface area (Å²) < 4.78 is 21.3. The van der Waals surface area contributed by atoms with Crippen LogP contribution < -0.4 is 0 Å². The van der Waals surface area contributed by atoms with E-state index in [9.17, 15) is 2.74 Å². The molecule has 0 atom stereocenters. The molecule has 0 spiro atoms. The molecule has 0 aliphatic heterocycles. The third kappa shape index (κ3) is 2.76. The Hall–Kier alpha value is -2.42. The highest BCUT2D eigenvalue weighted by Gasteiger charge is 2.57. The second kappa shape index (κ2) is 6.42. The molecule has 3 heterocycles. The van der Waals surface area contributed by atoms with E-state index in [1.54, 1.807) is 0 Å². The van der Waals surface area contributed by atoms with Crippen LogP contribution in [-0.4, -0.2) is 14.4 Å². The van der Waals surface area contributed by atoms with Gasteiger partial charge in [0.2, 0.25) is 0 Å². The second-order valence-electron chi connectivity index (χ2n) is 14.0. The normalized spacial score (nSPS) is 20.1. The van der Waals surface area contributed by atoms with E-state index in [0.29, 0.717) is 17.6 Å². The first kappa shape index (κ1) is 20.9. The SMILES string of the molecule is [2H]c1c2c(c([2H])c3c1nc1c4ccnc(C(C)(C)C)c4cc(C(C)(C)C)n13)C(C)(C)C(C)(C)C2(C)C. The average molecular weight is 458 g/mol. The molecule has 0 bridgehead atoms. The van der Waals surface area contributed by atoms with E-state index in [0.717, 1.165) is 44.5 Å². The molecular formula is C31H41N3. The van der Waals surface area contributed by atoms with Crippen molar-refractivity contribution in [3.05, 3.63) is 52.9 Å². The van der Waals surface area contributed by atoms with Gasteiger partial charge in [0.25, 0.3) is 0 Å². The van der Waals surface area contributed by atoms with Crippen LogP contribution in [0.25, 0.3) is 27.5 Å². The summed E-state index contributed by atoms with van der Waals surface area (Å²) in [4.78, 5) is 9.96. The van der Waals surface area contributed by atoms with E-state index in [2.05, 4.69) is 93.6 Å². The van der Waals surface area contributed by atoms with Crippen molar-refractivity contribution in [2.24, 2.45) is 5.41 Å². The van der Waals surface area contributed by atoms with Crippen LogP contribution >= 0.6 is 0 Å². The molecule has 0 saturated carbocycles. The predicted molar refractivity (Wildman–Crippen MR) is 145 cm³/mol. The fourth-order valence-corrected chi connectivity index (χ4v) is 5.91. The molecule has 5 rings (SSSR count). The van der Waals surface area contributed by atoms with Gasteiger partial charge in [-0.25, -0.2) is 4.98 Å². The molecule has 1 aliphatic carbocycles. The zero-order valence-corrected chi connectivity index (χ0v) is 23.1.